The van der Waals surface area contributed by atoms with Gasteiger partial charge in [0.1, 0.15) is 42.0 Å². The lowest BCUT2D eigenvalue weighted by atomic mass is 9.62. The summed E-state index contributed by atoms with van der Waals surface area (Å²) in [7, 11) is 0. The number of unbranched alkanes of at least 4 members (excludes halogenated alkanes) is 4. The molecule has 8 atom stereocenters. The Bertz CT molecular complexity index is 2260. The van der Waals surface area contributed by atoms with Crippen molar-refractivity contribution < 1.29 is 67.1 Å². The molecule has 0 spiro atoms. The Labute approximate surface area is 410 Å². The number of amides is 2. The van der Waals surface area contributed by atoms with E-state index in [9.17, 15) is 29.1 Å². The fourth-order valence-corrected chi connectivity index (χ4v) is 10.3. The van der Waals surface area contributed by atoms with Crippen LogP contribution in [0.5, 0.6) is 0 Å². The van der Waals surface area contributed by atoms with Gasteiger partial charge in [-0.2, -0.15) is 5.06 Å². The number of hydrogen-bond acceptors (Lipinski definition) is 15. The van der Waals surface area contributed by atoms with Crippen LogP contribution in [0.15, 0.2) is 54.6 Å². The molecule has 70 heavy (non-hydrogen) atoms. The number of rotatable bonds is 22. The molecule has 4 saturated heterocycles. The number of hydrogen-bond donors (Lipinski definition) is 3. The number of ether oxygens (including phenoxy) is 6. The van der Waals surface area contributed by atoms with E-state index in [1.54, 1.807) is 77.1 Å². The van der Waals surface area contributed by atoms with Gasteiger partial charge < -0.3 is 44.2 Å². The zero-order valence-corrected chi connectivity index (χ0v) is 41.6. The van der Waals surface area contributed by atoms with Gasteiger partial charge in [0, 0.05) is 49.3 Å². The lowest BCUT2D eigenvalue weighted by molar-refractivity contribution is -0.224. The van der Waals surface area contributed by atoms with Crippen LogP contribution in [0.3, 0.4) is 0 Å². The largest absolute Gasteiger partial charge is 0.462 e. The van der Waals surface area contributed by atoms with Crippen molar-refractivity contribution in [2.24, 2.45) is 10.8 Å². The van der Waals surface area contributed by atoms with E-state index in [0.717, 1.165) is 38.5 Å². The molecule has 2 aromatic carbocycles. The molecule has 0 aromatic heterocycles. The number of hydroxylamine groups is 2. The summed E-state index contributed by atoms with van der Waals surface area (Å²) in [6.07, 6.45) is 5.94. The first-order valence-electron chi connectivity index (χ1n) is 24.9. The number of aliphatic hydroxyl groups is 1. The monoisotopic (exact) mass is 973 g/mol. The Morgan fingerprint density at radius 3 is 2.30 bits per heavy atom. The van der Waals surface area contributed by atoms with E-state index in [1.807, 2.05) is 12.1 Å². The molecule has 2 bridgehead atoms. The van der Waals surface area contributed by atoms with Crippen LogP contribution in [0.4, 0.5) is 0 Å². The fraction of sp³-hybridized carbons (Fsp3) is 0.623. The molecule has 0 unspecified atom stereocenters. The third kappa shape index (κ3) is 11.9. The molecule has 382 valence electrons. The summed E-state index contributed by atoms with van der Waals surface area (Å²) in [6, 6.07) is 12.1. The van der Waals surface area contributed by atoms with E-state index in [-0.39, 0.29) is 51.1 Å². The fourth-order valence-electron chi connectivity index (χ4n) is 10.3. The lowest BCUT2D eigenvalue weighted by Crippen LogP contribution is -2.69. The van der Waals surface area contributed by atoms with Crippen LogP contribution in [-0.4, -0.2) is 113 Å². The van der Waals surface area contributed by atoms with Crippen molar-refractivity contribution in [3.05, 3.63) is 76.9 Å². The Morgan fingerprint density at radius 1 is 0.929 bits per heavy atom. The van der Waals surface area contributed by atoms with E-state index >= 15 is 4.79 Å². The summed E-state index contributed by atoms with van der Waals surface area (Å²) >= 11 is 0. The number of fused-ring (bicyclic) bond motifs is 4. The molecule has 2 amide bonds. The number of carbonyl (C=O) groups is 6. The number of cyclic esters (lactones) is 1. The van der Waals surface area contributed by atoms with Crippen molar-refractivity contribution >= 4 is 41.8 Å². The van der Waals surface area contributed by atoms with Gasteiger partial charge in [-0.1, -0.05) is 89.8 Å². The normalized spacial score (nSPS) is 26.8. The maximum absolute atomic E-state index is 15.1. The maximum Gasteiger partial charge on any atom is 0.348 e. The highest BCUT2D eigenvalue weighted by Crippen LogP contribution is 2.58. The zero-order chi connectivity index (χ0) is 50.4. The van der Waals surface area contributed by atoms with Crippen molar-refractivity contribution in [1.29, 1.82) is 0 Å². The third-order valence-electron chi connectivity index (χ3n) is 13.8. The molecule has 3 N–H and O–H groups in total. The number of esters is 4. The maximum atomic E-state index is 15.1. The molecule has 7 rings (SSSR count). The van der Waals surface area contributed by atoms with E-state index in [1.165, 1.54) is 11.1 Å². The summed E-state index contributed by atoms with van der Waals surface area (Å²) in [5.41, 5.74) is -0.562. The number of benzene rings is 2. The molecule has 2 aromatic rings. The minimum absolute atomic E-state index is 0.00258. The predicted molar refractivity (Wildman–Crippen MR) is 254 cm³/mol. The minimum Gasteiger partial charge on any atom is -0.462 e. The highest BCUT2D eigenvalue weighted by atomic mass is 16.8. The van der Waals surface area contributed by atoms with E-state index in [2.05, 4.69) is 24.5 Å². The van der Waals surface area contributed by atoms with Gasteiger partial charge in [0.25, 0.3) is 5.91 Å². The Kier molecular flexibility index (Phi) is 16.6. The number of nitrogens with zero attached hydrogens (tertiary/aromatic N) is 1. The molecule has 1 aliphatic carbocycles. The Morgan fingerprint density at radius 2 is 1.63 bits per heavy atom. The van der Waals surface area contributed by atoms with Gasteiger partial charge in [-0.05, 0) is 74.9 Å². The molecular formula is C53H71N3O14. The van der Waals surface area contributed by atoms with Crippen molar-refractivity contribution in [2.45, 2.75) is 186 Å². The van der Waals surface area contributed by atoms with Gasteiger partial charge in [0.2, 0.25) is 12.0 Å². The third-order valence-corrected chi connectivity index (χ3v) is 13.8. The van der Waals surface area contributed by atoms with Crippen molar-refractivity contribution in [2.75, 3.05) is 13.2 Å². The molecule has 1 saturated carbocycles. The smallest absolute Gasteiger partial charge is 0.348 e. The second kappa shape index (κ2) is 22.1. The summed E-state index contributed by atoms with van der Waals surface area (Å²) in [6.45, 7) is 13.0. The molecule has 17 heteroatoms. The van der Waals surface area contributed by atoms with Gasteiger partial charge >= 0.3 is 23.9 Å². The van der Waals surface area contributed by atoms with Crippen molar-refractivity contribution in [3.63, 3.8) is 0 Å². The van der Waals surface area contributed by atoms with Gasteiger partial charge in [0.05, 0.1) is 19.2 Å². The molecular weight excluding hydrogens is 903 g/mol. The second-order valence-corrected chi connectivity index (χ2v) is 21.1. The van der Waals surface area contributed by atoms with Crippen molar-refractivity contribution in [3.8, 4) is 0 Å². The average Bonchev–Trinajstić information content (AvgIpc) is 3.95. The van der Waals surface area contributed by atoms with Crippen LogP contribution < -0.4 is 10.6 Å². The summed E-state index contributed by atoms with van der Waals surface area (Å²) < 4.78 is 36.1. The van der Waals surface area contributed by atoms with Crippen molar-refractivity contribution in [1.82, 2.24) is 15.7 Å². The van der Waals surface area contributed by atoms with Crippen LogP contribution in [0.1, 0.15) is 146 Å². The van der Waals surface area contributed by atoms with Crippen LogP contribution >= 0.6 is 0 Å². The molecule has 17 nitrogen and oxygen atoms in total. The summed E-state index contributed by atoms with van der Waals surface area (Å²) in [5, 5.41) is 17.4. The molecule has 5 fully saturated rings. The first kappa shape index (κ1) is 52.6. The van der Waals surface area contributed by atoms with Crippen LogP contribution in [-0.2, 0) is 70.3 Å². The predicted octanol–water partition coefficient (Wildman–Crippen LogP) is 6.16. The van der Waals surface area contributed by atoms with Gasteiger partial charge in [-0.25, -0.2) is 9.59 Å². The van der Waals surface area contributed by atoms with E-state index < -0.39 is 101 Å². The Balaban J connectivity index is 1.12. The van der Waals surface area contributed by atoms with Gasteiger partial charge in [-0.15, -0.1) is 0 Å². The SMILES string of the molecule is CCCCCC1(CCCCC)O[C@@H]2[C@H](O1)[C@H]1ON(Cc3cccc(C=CC(=O)O[C@H]4C(=O)OCC4(C)C)c3)[C@H]3C(=O)O[C@@H]2C[C@@]13C(=O)NCc1cccc(C(=O)N[C@H](CO)CCC(=O)OC(C)(C)C)c1. The minimum atomic E-state index is -1.47. The topological polar surface area (TPSA) is 215 Å². The van der Waals surface area contributed by atoms with Crippen LogP contribution in [0.2, 0.25) is 0 Å². The number of nitrogens with one attached hydrogen (secondary N) is 2. The standard InChI is InChI=1S/C53H71N3O14/c1-8-10-12-24-52(25-13-11-9-2)68-41-38-28-53(49(63)54-29-34-17-15-19-36(27-34)46(60)55-37(31-57)21-23-40(59)67-50(3,4)5)43(47(61)65-38)56(70-44(53)42(41)69-52)30-35-18-14-16-33(26-35)20-22-39(58)66-45-48(62)64-32-51(45,6)7/h14-20,22,26-27,37-38,41-45,57H,8-13,21,23-25,28-32H2,1-7H3,(H,54,63)(H,55,60)/t37-,38+,41-,42-,43-,44+,45-,53-/m0/s1. The second-order valence-electron chi connectivity index (χ2n) is 21.1. The lowest BCUT2D eigenvalue weighted by Gasteiger charge is -2.48. The first-order valence-corrected chi connectivity index (χ1v) is 24.9. The van der Waals surface area contributed by atoms with E-state index in [4.69, 9.17) is 33.3 Å². The number of carbonyl (C=O) groups excluding carboxylic acids is 6. The molecule has 5 aliphatic rings. The van der Waals surface area contributed by atoms with Crippen LogP contribution in [0.25, 0.3) is 6.08 Å². The average molecular weight is 974 g/mol. The highest BCUT2D eigenvalue weighted by Gasteiger charge is 2.76. The van der Waals surface area contributed by atoms with Crippen LogP contribution in [0, 0.1) is 10.8 Å². The molecule has 4 heterocycles. The first-order chi connectivity index (χ1) is 33.3. The molecule has 4 aliphatic heterocycles. The molecule has 0 radical (unpaired) electrons. The quantitative estimate of drug-likeness (QED) is 0.0521. The van der Waals surface area contributed by atoms with E-state index in [0.29, 0.717) is 29.5 Å². The summed E-state index contributed by atoms with van der Waals surface area (Å²) in [4.78, 5) is 87.2. The zero-order valence-electron chi connectivity index (χ0n) is 41.6. The van der Waals surface area contributed by atoms with Gasteiger partial charge in [-0.3, -0.25) is 24.0 Å². The Hall–Kier alpha value is -5.20. The number of aliphatic hydroxyl groups excluding tert-OH is 1. The summed E-state index contributed by atoms with van der Waals surface area (Å²) in [5.74, 6) is -4.20. The van der Waals surface area contributed by atoms with Gasteiger partial charge in [0.15, 0.2) is 11.8 Å². The highest BCUT2D eigenvalue weighted by molar-refractivity contribution is 5.95.